The Labute approximate surface area is 120 Å². The summed E-state index contributed by atoms with van der Waals surface area (Å²) in [6.45, 7) is 0. The van der Waals surface area contributed by atoms with Gasteiger partial charge in [0.05, 0.1) is 7.11 Å². The maximum Gasteiger partial charge on any atom is 0.305 e. The van der Waals surface area contributed by atoms with E-state index in [-0.39, 0.29) is 5.97 Å². The fourth-order valence-electron chi connectivity index (χ4n) is 2.55. The monoisotopic (exact) mass is 270 g/mol. The van der Waals surface area contributed by atoms with Crippen molar-refractivity contribution in [3.8, 4) is 0 Å². The molecule has 0 N–H and O–H groups in total. The van der Waals surface area contributed by atoms with E-state index in [1.165, 1.54) is 36.3 Å². The topological polar surface area (TPSA) is 26.3 Å². The van der Waals surface area contributed by atoms with Crippen LogP contribution in [0.5, 0.6) is 0 Å². The van der Waals surface area contributed by atoms with Crippen LogP contribution in [0.3, 0.4) is 0 Å². The van der Waals surface area contributed by atoms with Crippen LogP contribution in [0.15, 0.2) is 42.5 Å². The normalized spacial score (nSPS) is 10.7. The standard InChI is InChI=1S/C18H22O2/c1-20-18(19)14-5-3-2-4-9-15-11-8-12-16-10-6-7-13-17(15)16/h6-8,10-13H,2-5,9,14H2,1H3. The summed E-state index contributed by atoms with van der Waals surface area (Å²) in [7, 11) is 1.45. The molecule has 0 spiro atoms. The quantitative estimate of drug-likeness (QED) is 0.546. The highest BCUT2D eigenvalue weighted by atomic mass is 16.5. The Kier molecular flexibility index (Phi) is 5.60. The number of fused-ring (bicyclic) bond motifs is 1. The number of hydrogen-bond acceptors (Lipinski definition) is 2. The minimum absolute atomic E-state index is 0.0981. The van der Waals surface area contributed by atoms with Crippen molar-refractivity contribution in [3.05, 3.63) is 48.0 Å². The lowest BCUT2D eigenvalue weighted by molar-refractivity contribution is -0.140. The summed E-state index contributed by atoms with van der Waals surface area (Å²) >= 11 is 0. The smallest absolute Gasteiger partial charge is 0.305 e. The number of methoxy groups -OCH3 is 1. The van der Waals surface area contributed by atoms with Crippen molar-refractivity contribution in [1.82, 2.24) is 0 Å². The second kappa shape index (κ2) is 7.68. The lowest BCUT2D eigenvalue weighted by Gasteiger charge is -2.06. The fourth-order valence-corrected chi connectivity index (χ4v) is 2.55. The molecule has 2 aromatic rings. The van der Waals surface area contributed by atoms with Crippen molar-refractivity contribution in [1.29, 1.82) is 0 Å². The van der Waals surface area contributed by atoms with Crippen LogP contribution in [-0.4, -0.2) is 13.1 Å². The average Bonchev–Trinajstić information content (AvgIpc) is 2.50. The maximum absolute atomic E-state index is 11.0. The second-order valence-corrected chi connectivity index (χ2v) is 5.13. The molecule has 0 aromatic heterocycles. The summed E-state index contributed by atoms with van der Waals surface area (Å²) < 4.78 is 4.64. The molecule has 0 aliphatic carbocycles. The molecule has 2 nitrogen and oxygen atoms in total. The SMILES string of the molecule is COC(=O)CCCCCCc1cccc2ccccc12. The van der Waals surface area contributed by atoms with Gasteiger partial charge >= 0.3 is 5.97 Å². The fraction of sp³-hybridized carbons (Fsp3) is 0.389. The molecule has 0 atom stereocenters. The molecule has 0 heterocycles. The number of carbonyl (C=O) groups excluding carboxylic acids is 1. The van der Waals surface area contributed by atoms with Gasteiger partial charge in [0, 0.05) is 6.42 Å². The molecule has 0 fully saturated rings. The first-order valence-electron chi connectivity index (χ1n) is 7.34. The van der Waals surface area contributed by atoms with Crippen LogP contribution in [0, 0.1) is 0 Å². The van der Waals surface area contributed by atoms with E-state index < -0.39 is 0 Å². The molecule has 0 amide bonds. The Hall–Kier alpha value is -1.83. The molecule has 0 radical (unpaired) electrons. The van der Waals surface area contributed by atoms with Crippen molar-refractivity contribution < 1.29 is 9.53 Å². The minimum Gasteiger partial charge on any atom is -0.469 e. The van der Waals surface area contributed by atoms with E-state index in [0.29, 0.717) is 6.42 Å². The third-order valence-electron chi connectivity index (χ3n) is 3.68. The first-order chi connectivity index (χ1) is 9.81. The second-order valence-electron chi connectivity index (χ2n) is 5.13. The largest absolute Gasteiger partial charge is 0.469 e. The van der Waals surface area contributed by atoms with E-state index >= 15 is 0 Å². The summed E-state index contributed by atoms with van der Waals surface area (Å²) in [6.07, 6.45) is 6.03. The van der Waals surface area contributed by atoms with Crippen LogP contribution in [0.1, 0.15) is 37.7 Å². The highest BCUT2D eigenvalue weighted by Gasteiger charge is 2.01. The summed E-state index contributed by atoms with van der Waals surface area (Å²) in [5.74, 6) is -0.0981. The summed E-state index contributed by atoms with van der Waals surface area (Å²) in [4.78, 5) is 11.0. The van der Waals surface area contributed by atoms with Crippen molar-refractivity contribution in [3.63, 3.8) is 0 Å². The van der Waals surface area contributed by atoms with E-state index in [0.717, 1.165) is 19.3 Å². The molecule has 2 rings (SSSR count). The van der Waals surface area contributed by atoms with Gasteiger partial charge in [-0.2, -0.15) is 0 Å². The maximum atomic E-state index is 11.0. The van der Waals surface area contributed by atoms with E-state index in [4.69, 9.17) is 0 Å². The van der Waals surface area contributed by atoms with E-state index in [1.54, 1.807) is 0 Å². The van der Waals surface area contributed by atoms with Crippen LogP contribution < -0.4 is 0 Å². The highest BCUT2D eigenvalue weighted by Crippen LogP contribution is 2.20. The molecule has 0 saturated carbocycles. The third-order valence-corrected chi connectivity index (χ3v) is 3.68. The van der Waals surface area contributed by atoms with Gasteiger partial charge in [0.15, 0.2) is 0 Å². The van der Waals surface area contributed by atoms with Crippen molar-refractivity contribution in [2.24, 2.45) is 0 Å². The summed E-state index contributed by atoms with van der Waals surface area (Å²) in [6, 6.07) is 15.1. The number of carbonyl (C=O) groups is 1. The molecular weight excluding hydrogens is 248 g/mol. The van der Waals surface area contributed by atoms with Crippen molar-refractivity contribution >= 4 is 16.7 Å². The summed E-state index contributed by atoms with van der Waals surface area (Å²) in [5, 5.41) is 2.68. The van der Waals surface area contributed by atoms with Crippen LogP contribution >= 0.6 is 0 Å². The Morgan fingerprint density at radius 1 is 0.950 bits per heavy atom. The Morgan fingerprint density at radius 3 is 2.55 bits per heavy atom. The molecule has 0 saturated heterocycles. The van der Waals surface area contributed by atoms with Gasteiger partial charge in [-0.1, -0.05) is 55.3 Å². The first kappa shape index (κ1) is 14.6. The molecule has 20 heavy (non-hydrogen) atoms. The number of aryl methyl sites for hydroxylation is 1. The minimum atomic E-state index is -0.0981. The summed E-state index contributed by atoms with van der Waals surface area (Å²) in [5.41, 5.74) is 1.43. The van der Waals surface area contributed by atoms with Gasteiger partial charge in [-0.3, -0.25) is 4.79 Å². The van der Waals surface area contributed by atoms with Crippen molar-refractivity contribution in [2.45, 2.75) is 38.5 Å². The van der Waals surface area contributed by atoms with Crippen LogP contribution in [0.2, 0.25) is 0 Å². The van der Waals surface area contributed by atoms with Gasteiger partial charge in [0.1, 0.15) is 0 Å². The molecule has 2 heteroatoms. The zero-order chi connectivity index (χ0) is 14.2. The molecule has 0 unspecified atom stereocenters. The number of esters is 1. The van der Waals surface area contributed by atoms with Gasteiger partial charge in [-0.25, -0.2) is 0 Å². The van der Waals surface area contributed by atoms with Gasteiger partial charge in [-0.05, 0) is 35.6 Å². The zero-order valence-corrected chi connectivity index (χ0v) is 12.1. The number of ether oxygens (including phenoxy) is 1. The Bertz CT molecular complexity index is 555. The predicted molar refractivity (Wildman–Crippen MR) is 82.8 cm³/mol. The van der Waals surface area contributed by atoms with E-state index in [9.17, 15) is 4.79 Å². The predicted octanol–water partition coefficient (Wildman–Crippen LogP) is 4.51. The zero-order valence-electron chi connectivity index (χ0n) is 12.1. The average molecular weight is 270 g/mol. The number of benzene rings is 2. The molecular formula is C18H22O2. The van der Waals surface area contributed by atoms with Gasteiger partial charge < -0.3 is 4.74 Å². The lowest BCUT2D eigenvalue weighted by atomic mass is 9.99. The Balaban J connectivity index is 1.77. The molecule has 0 aliphatic heterocycles. The van der Waals surface area contributed by atoms with Crippen LogP contribution in [-0.2, 0) is 16.0 Å². The molecule has 106 valence electrons. The van der Waals surface area contributed by atoms with Crippen molar-refractivity contribution in [2.75, 3.05) is 7.11 Å². The van der Waals surface area contributed by atoms with Gasteiger partial charge in [-0.15, -0.1) is 0 Å². The molecule has 0 aliphatic rings. The molecule has 0 bridgehead atoms. The van der Waals surface area contributed by atoms with Gasteiger partial charge in [0.2, 0.25) is 0 Å². The van der Waals surface area contributed by atoms with Crippen LogP contribution in [0.25, 0.3) is 10.8 Å². The first-order valence-corrected chi connectivity index (χ1v) is 7.34. The molecule has 2 aromatic carbocycles. The highest BCUT2D eigenvalue weighted by molar-refractivity contribution is 5.85. The van der Waals surface area contributed by atoms with E-state index in [2.05, 4.69) is 47.2 Å². The van der Waals surface area contributed by atoms with E-state index in [1.807, 2.05) is 0 Å². The number of rotatable bonds is 7. The van der Waals surface area contributed by atoms with Gasteiger partial charge in [0.25, 0.3) is 0 Å². The lowest BCUT2D eigenvalue weighted by Crippen LogP contribution is -1.99. The van der Waals surface area contributed by atoms with Crippen LogP contribution in [0.4, 0.5) is 0 Å². The number of hydrogen-bond donors (Lipinski definition) is 0. The number of unbranched alkanes of at least 4 members (excludes halogenated alkanes) is 3. The third kappa shape index (κ3) is 4.09. The Morgan fingerprint density at radius 2 is 1.70 bits per heavy atom.